The lowest BCUT2D eigenvalue weighted by molar-refractivity contribution is -0.136. The third-order valence-electron chi connectivity index (χ3n) is 6.81. The minimum Gasteiger partial charge on any atom is -0.497 e. The fraction of sp³-hybridized carbons (Fsp3) is 0.276. The first-order valence-electron chi connectivity index (χ1n) is 12.4. The lowest BCUT2D eigenvalue weighted by Gasteiger charge is -2.28. The zero-order valence-corrected chi connectivity index (χ0v) is 21.7. The Bertz CT molecular complexity index is 1420. The van der Waals surface area contributed by atoms with Crippen molar-refractivity contribution in [2.45, 2.75) is 43.3 Å². The number of aromatic nitrogens is 1. The molecule has 1 aliphatic heterocycles. The average Bonchev–Trinajstić information content (AvgIpc) is 3.53. The molecule has 2 aromatic carbocycles. The van der Waals surface area contributed by atoms with E-state index in [4.69, 9.17) is 4.74 Å². The van der Waals surface area contributed by atoms with Gasteiger partial charge in [0.15, 0.2) is 0 Å². The summed E-state index contributed by atoms with van der Waals surface area (Å²) in [5.74, 6) is -0.501. The van der Waals surface area contributed by atoms with Crippen LogP contribution in [0, 0.1) is 11.3 Å². The van der Waals surface area contributed by atoms with Crippen molar-refractivity contribution in [1.82, 2.24) is 9.88 Å². The number of imide groups is 1. The third kappa shape index (κ3) is 5.13. The molecule has 0 saturated carbocycles. The molecule has 1 saturated heterocycles. The van der Waals surface area contributed by atoms with E-state index in [2.05, 4.69) is 11.1 Å². The second kappa shape index (κ2) is 11.1. The predicted octanol–water partition coefficient (Wildman–Crippen LogP) is 3.90. The molecule has 5 rings (SSSR count). The van der Waals surface area contributed by atoms with Gasteiger partial charge in [-0.3, -0.25) is 14.4 Å². The van der Waals surface area contributed by atoms with Gasteiger partial charge in [0.25, 0.3) is 5.91 Å². The van der Waals surface area contributed by atoms with Crippen molar-refractivity contribution in [2.75, 3.05) is 17.8 Å². The Labute approximate surface area is 225 Å². The van der Waals surface area contributed by atoms with E-state index < -0.39 is 11.9 Å². The fourth-order valence-electron chi connectivity index (χ4n) is 4.87. The number of methoxy groups -OCH3 is 1. The molecule has 0 radical (unpaired) electrons. The van der Waals surface area contributed by atoms with Crippen molar-refractivity contribution in [3.63, 3.8) is 0 Å². The summed E-state index contributed by atoms with van der Waals surface area (Å²) in [6, 6.07) is 19.2. The number of fused-ring (bicyclic) bond motifs is 1. The largest absolute Gasteiger partial charge is 0.497 e. The Morgan fingerprint density at radius 1 is 1.16 bits per heavy atom. The van der Waals surface area contributed by atoms with Crippen LogP contribution in [0.3, 0.4) is 0 Å². The maximum absolute atomic E-state index is 13.6. The fourth-order valence-corrected chi connectivity index (χ4v) is 5.73. The molecule has 1 fully saturated rings. The summed E-state index contributed by atoms with van der Waals surface area (Å²) in [5.41, 5.74) is 3.81. The van der Waals surface area contributed by atoms with Gasteiger partial charge in [0.1, 0.15) is 22.9 Å². The Balaban J connectivity index is 1.39. The van der Waals surface area contributed by atoms with E-state index in [0.717, 1.165) is 41.0 Å². The van der Waals surface area contributed by atoms with Crippen LogP contribution in [0.1, 0.15) is 35.2 Å². The van der Waals surface area contributed by atoms with Crippen LogP contribution < -0.4 is 9.64 Å². The maximum atomic E-state index is 13.6. The van der Waals surface area contributed by atoms with Gasteiger partial charge in [0.05, 0.1) is 30.5 Å². The molecule has 0 bridgehead atoms. The molecule has 9 heteroatoms. The lowest BCUT2D eigenvalue weighted by atomic mass is 10.1. The van der Waals surface area contributed by atoms with Crippen molar-refractivity contribution in [3.8, 4) is 11.8 Å². The van der Waals surface area contributed by atoms with E-state index in [1.807, 2.05) is 36.4 Å². The quantitative estimate of drug-likeness (QED) is 0.324. The predicted molar refractivity (Wildman–Crippen MR) is 143 cm³/mol. The van der Waals surface area contributed by atoms with Gasteiger partial charge in [-0.2, -0.15) is 5.26 Å². The van der Waals surface area contributed by atoms with Gasteiger partial charge < -0.3 is 9.64 Å². The normalized spacial score (nSPS) is 16.3. The second-order valence-electron chi connectivity index (χ2n) is 9.19. The van der Waals surface area contributed by atoms with E-state index in [1.165, 1.54) is 16.7 Å². The van der Waals surface area contributed by atoms with Crippen LogP contribution in [-0.2, 0) is 33.8 Å². The van der Waals surface area contributed by atoms with Gasteiger partial charge in [0.2, 0.25) is 11.8 Å². The number of hydrogen-bond acceptors (Lipinski definition) is 7. The van der Waals surface area contributed by atoms with Crippen LogP contribution in [0.5, 0.6) is 5.75 Å². The van der Waals surface area contributed by atoms with Crippen LogP contribution in [-0.4, -0.2) is 46.5 Å². The van der Waals surface area contributed by atoms with Gasteiger partial charge in [-0.25, -0.2) is 9.88 Å². The highest BCUT2D eigenvalue weighted by Crippen LogP contribution is 2.31. The highest BCUT2D eigenvalue weighted by atomic mass is 32.2. The first-order valence-corrected chi connectivity index (χ1v) is 13.4. The van der Waals surface area contributed by atoms with E-state index >= 15 is 0 Å². The van der Waals surface area contributed by atoms with Gasteiger partial charge in [0, 0.05) is 12.2 Å². The molecule has 0 spiro atoms. The topological polar surface area (TPSA) is 104 Å². The number of carbonyl (C=O) groups is 3. The SMILES string of the molecule is COc1ccc(N2C(=O)CC(N(Cc3ccccc3)C(=O)CSc3nc4c(cc3C#N)CCC4)C2=O)cc1. The minimum absolute atomic E-state index is 0.00614. The van der Waals surface area contributed by atoms with Crippen LogP contribution in [0.25, 0.3) is 0 Å². The van der Waals surface area contributed by atoms with Crippen LogP contribution in [0.2, 0.25) is 0 Å². The molecule has 38 heavy (non-hydrogen) atoms. The number of thioether (sulfide) groups is 1. The van der Waals surface area contributed by atoms with Gasteiger partial charge in [-0.1, -0.05) is 42.1 Å². The van der Waals surface area contributed by atoms with Gasteiger partial charge in [-0.05, 0) is 60.7 Å². The van der Waals surface area contributed by atoms with E-state index in [-0.39, 0.29) is 30.5 Å². The summed E-state index contributed by atoms with van der Waals surface area (Å²) >= 11 is 1.20. The molecule has 1 aliphatic carbocycles. The molecule has 2 aliphatic rings. The maximum Gasteiger partial charge on any atom is 0.257 e. The van der Waals surface area contributed by atoms with Crippen molar-refractivity contribution in [1.29, 1.82) is 5.26 Å². The number of nitrogens with zero attached hydrogens (tertiary/aromatic N) is 4. The van der Waals surface area contributed by atoms with Crippen molar-refractivity contribution >= 4 is 35.2 Å². The number of anilines is 1. The summed E-state index contributed by atoms with van der Waals surface area (Å²) in [7, 11) is 1.54. The third-order valence-corrected chi connectivity index (χ3v) is 7.79. The number of pyridine rings is 1. The summed E-state index contributed by atoms with van der Waals surface area (Å²) in [6.45, 7) is 0.184. The molecule has 1 unspecified atom stereocenters. The average molecular weight is 527 g/mol. The van der Waals surface area contributed by atoms with E-state index in [9.17, 15) is 19.6 Å². The first-order chi connectivity index (χ1) is 18.5. The molecule has 3 aromatic rings. The molecular formula is C29H26N4O4S. The molecule has 8 nitrogen and oxygen atoms in total. The van der Waals surface area contributed by atoms with E-state index in [1.54, 1.807) is 31.4 Å². The highest BCUT2D eigenvalue weighted by Gasteiger charge is 2.44. The minimum atomic E-state index is -0.929. The van der Waals surface area contributed by atoms with Gasteiger partial charge >= 0.3 is 0 Å². The molecule has 192 valence electrons. The molecule has 3 amide bonds. The smallest absolute Gasteiger partial charge is 0.257 e. The number of benzene rings is 2. The number of ether oxygens (including phenoxy) is 1. The summed E-state index contributed by atoms with van der Waals surface area (Å²) in [6.07, 6.45) is 2.68. The Hall–Kier alpha value is -4.16. The lowest BCUT2D eigenvalue weighted by Crippen LogP contribution is -2.45. The number of aryl methyl sites for hydroxylation is 2. The van der Waals surface area contributed by atoms with Crippen LogP contribution >= 0.6 is 11.8 Å². The first kappa shape index (κ1) is 25.5. The number of carbonyl (C=O) groups excluding carboxylic acids is 3. The Morgan fingerprint density at radius 2 is 1.92 bits per heavy atom. The summed E-state index contributed by atoms with van der Waals surface area (Å²) < 4.78 is 5.18. The Morgan fingerprint density at radius 3 is 2.63 bits per heavy atom. The van der Waals surface area contributed by atoms with Crippen molar-refractivity contribution in [2.24, 2.45) is 0 Å². The monoisotopic (exact) mass is 526 g/mol. The summed E-state index contributed by atoms with van der Waals surface area (Å²) in [5, 5.41) is 10.2. The van der Waals surface area contributed by atoms with Gasteiger partial charge in [-0.15, -0.1) is 0 Å². The standard InChI is InChI=1S/C29H26N4O4S/c1-37-23-12-10-22(11-13-23)33-26(34)15-25(29(33)36)32(17-19-6-3-2-4-7-19)27(35)18-38-28-21(16-30)14-20-8-5-9-24(20)31-28/h2-4,6-7,10-14,25H,5,8-9,15,17-18H2,1H3. The summed E-state index contributed by atoms with van der Waals surface area (Å²) in [4.78, 5) is 47.4. The van der Waals surface area contributed by atoms with E-state index in [0.29, 0.717) is 22.0 Å². The van der Waals surface area contributed by atoms with Crippen LogP contribution in [0.4, 0.5) is 5.69 Å². The molecular weight excluding hydrogens is 500 g/mol. The molecule has 1 aromatic heterocycles. The molecule has 1 atom stereocenters. The van der Waals surface area contributed by atoms with Crippen LogP contribution in [0.15, 0.2) is 65.7 Å². The second-order valence-corrected chi connectivity index (χ2v) is 10.2. The van der Waals surface area contributed by atoms with Crippen molar-refractivity contribution < 1.29 is 19.1 Å². The zero-order valence-electron chi connectivity index (χ0n) is 20.9. The molecule has 2 heterocycles. The number of nitriles is 1. The van der Waals surface area contributed by atoms with Crippen molar-refractivity contribution in [3.05, 3.63) is 83.0 Å². The zero-order chi connectivity index (χ0) is 26.6. The highest BCUT2D eigenvalue weighted by molar-refractivity contribution is 8.00. The number of amides is 3. The number of hydrogen-bond donors (Lipinski definition) is 0. The Kier molecular flexibility index (Phi) is 7.43. The number of rotatable bonds is 8. The molecule has 0 N–H and O–H groups in total.